The van der Waals surface area contributed by atoms with Crippen LogP contribution in [0.25, 0.3) is 0 Å². The number of hydrogen-bond acceptors (Lipinski definition) is 4. The molecule has 4 nitrogen and oxygen atoms in total. The summed E-state index contributed by atoms with van der Waals surface area (Å²) in [7, 11) is 0. The zero-order valence-corrected chi connectivity index (χ0v) is 29.8. The summed E-state index contributed by atoms with van der Waals surface area (Å²) in [6.07, 6.45) is 37.9. The smallest absolute Gasteiger partial charge is 0.0138 e. The molecule has 10 atom stereocenters. The number of fused-ring (bicyclic) bond motifs is 6. The van der Waals surface area contributed by atoms with Gasteiger partial charge in [-0.25, -0.2) is 0 Å². The molecule has 9 aliphatic rings. The molecule has 2 N–H and O–H groups in total. The summed E-state index contributed by atoms with van der Waals surface area (Å²) in [6, 6.07) is 6.35. The van der Waals surface area contributed by atoms with E-state index in [2.05, 4.69) is 20.4 Å². The van der Waals surface area contributed by atoms with Crippen molar-refractivity contribution >= 4 is 0 Å². The molecule has 0 amide bonds. The lowest BCUT2D eigenvalue weighted by atomic mass is 9.59. The van der Waals surface area contributed by atoms with E-state index in [1.807, 2.05) is 0 Å². The Morgan fingerprint density at radius 2 is 1.11 bits per heavy atom. The summed E-state index contributed by atoms with van der Waals surface area (Å²) in [4.78, 5) is 6.58. The molecule has 0 aromatic heterocycles. The Kier molecular flexibility index (Phi) is 9.83. The van der Waals surface area contributed by atoms with Gasteiger partial charge in [-0.15, -0.1) is 0 Å². The van der Waals surface area contributed by atoms with E-state index in [1.165, 1.54) is 161 Å². The molecule has 3 heterocycles. The second kappa shape index (κ2) is 14.2. The third kappa shape index (κ3) is 6.00. The van der Waals surface area contributed by atoms with Crippen molar-refractivity contribution in [2.45, 2.75) is 203 Å². The average Bonchev–Trinajstić information content (AvgIpc) is 3.46. The van der Waals surface area contributed by atoms with Crippen LogP contribution in [0.5, 0.6) is 0 Å². The number of nitrogens with one attached hydrogen (secondary N) is 2. The van der Waals surface area contributed by atoms with Gasteiger partial charge in [-0.3, -0.25) is 9.80 Å². The van der Waals surface area contributed by atoms with Crippen LogP contribution in [-0.2, 0) is 0 Å². The zero-order chi connectivity index (χ0) is 30.5. The molecule has 6 saturated carbocycles. The van der Waals surface area contributed by atoms with Crippen molar-refractivity contribution in [1.82, 2.24) is 20.4 Å². The van der Waals surface area contributed by atoms with E-state index in [0.29, 0.717) is 0 Å². The highest BCUT2D eigenvalue weighted by molar-refractivity contribution is 5.09. The zero-order valence-electron chi connectivity index (χ0n) is 29.8. The summed E-state index contributed by atoms with van der Waals surface area (Å²) < 4.78 is 0. The predicted octanol–water partition coefficient (Wildman–Crippen LogP) is 8.54. The van der Waals surface area contributed by atoms with E-state index in [9.17, 15) is 0 Å². The monoisotopic (exact) mass is 633 g/mol. The molecule has 0 bridgehead atoms. The largest absolute Gasteiger partial charge is 0.316 e. The summed E-state index contributed by atoms with van der Waals surface area (Å²) in [6.45, 7) is 3.90. The Balaban J connectivity index is 0.877. The Morgan fingerprint density at radius 1 is 0.435 bits per heavy atom. The third-order valence-electron chi connectivity index (χ3n) is 16.9. The molecule has 260 valence electrons. The fourth-order valence-electron chi connectivity index (χ4n) is 15.1. The lowest BCUT2D eigenvalue weighted by molar-refractivity contribution is -0.0166. The van der Waals surface area contributed by atoms with Crippen LogP contribution in [0.15, 0.2) is 0 Å². The minimum Gasteiger partial charge on any atom is -0.316 e. The number of rotatable bonds is 5. The highest BCUT2D eigenvalue weighted by Gasteiger charge is 2.55. The van der Waals surface area contributed by atoms with Gasteiger partial charge in [0, 0.05) is 42.3 Å². The molecule has 0 aromatic carbocycles. The third-order valence-corrected chi connectivity index (χ3v) is 16.9. The van der Waals surface area contributed by atoms with Gasteiger partial charge in [-0.1, -0.05) is 51.4 Å². The van der Waals surface area contributed by atoms with Gasteiger partial charge in [0.05, 0.1) is 0 Å². The van der Waals surface area contributed by atoms with Gasteiger partial charge < -0.3 is 10.6 Å². The molecule has 9 rings (SSSR count). The number of nitrogens with zero attached hydrogens (tertiary/aromatic N) is 2. The van der Waals surface area contributed by atoms with Gasteiger partial charge in [-0.05, 0) is 170 Å². The van der Waals surface area contributed by atoms with E-state index in [0.717, 1.165) is 83.7 Å². The Bertz CT molecular complexity index is 962. The lowest BCUT2D eigenvalue weighted by Crippen LogP contribution is -2.60. The van der Waals surface area contributed by atoms with E-state index < -0.39 is 0 Å². The number of hydrogen-bond donors (Lipinski definition) is 2. The van der Waals surface area contributed by atoms with Gasteiger partial charge in [0.1, 0.15) is 0 Å². The molecule has 3 saturated heterocycles. The molecular weight excluding hydrogens is 560 g/mol. The second-order valence-corrected chi connectivity index (χ2v) is 18.9. The van der Waals surface area contributed by atoms with Crippen LogP contribution >= 0.6 is 0 Å². The van der Waals surface area contributed by atoms with Crippen LogP contribution < -0.4 is 10.6 Å². The molecule has 10 unspecified atom stereocenters. The Morgan fingerprint density at radius 3 is 1.89 bits per heavy atom. The van der Waals surface area contributed by atoms with Gasteiger partial charge in [-0.2, -0.15) is 0 Å². The standard InChI is InChI=1S/C42H72N4/c1-3-11-31(12-4-1)45(32-13-5-2-6-14-32)34-22-24-41-37(26-34)36-15-7-8-16-40(36)46(41)33-20-17-29(18-21-33)38-27-43-28-39-35(38)23-19-30-10-9-25-44-42(30)39/h29-44H,1-28H2. The van der Waals surface area contributed by atoms with E-state index >= 15 is 0 Å². The number of likely N-dealkylation sites (tertiary alicyclic amines) is 1. The first kappa shape index (κ1) is 31.8. The summed E-state index contributed by atoms with van der Waals surface area (Å²) in [5, 5.41) is 8.05. The number of piperidine rings is 2. The maximum Gasteiger partial charge on any atom is 0.0138 e. The molecule has 0 aromatic rings. The summed E-state index contributed by atoms with van der Waals surface area (Å²) >= 11 is 0. The molecule has 3 aliphatic heterocycles. The lowest BCUT2D eigenvalue weighted by Gasteiger charge is -2.53. The van der Waals surface area contributed by atoms with Crippen LogP contribution in [0.3, 0.4) is 0 Å². The van der Waals surface area contributed by atoms with Crippen molar-refractivity contribution in [3.8, 4) is 0 Å². The fourth-order valence-corrected chi connectivity index (χ4v) is 15.1. The van der Waals surface area contributed by atoms with Crippen LogP contribution in [0.4, 0.5) is 0 Å². The SMILES string of the molecule is C1CCC(N(C2CCCCC2)C2CCC3C(C2)C2CCCCC2N3C2CCC(C3CNCC4C3CCC3CCCNC34)CC2)CC1. The topological polar surface area (TPSA) is 30.5 Å². The molecular formula is C42H72N4. The van der Waals surface area contributed by atoms with Gasteiger partial charge in [0.15, 0.2) is 0 Å². The van der Waals surface area contributed by atoms with Crippen molar-refractivity contribution in [2.75, 3.05) is 19.6 Å². The first-order chi connectivity index (χ1) is 22.8. The van der Waals surface area contributed by atoms with Crippen LogP contribution in [-0.4, -0.2) is 71.7 Å². The average molecular weight is 633 g/mol. The van der Waals surface area contributed by atoms with Crippen LogP contribution in [0, 0.1) is 41.4 Å². The van der Waals surface area contributed by atoms with Crippen molar-refractivity contribution in [1.29, 1.82) is 0 Å². The van der Waals surface area contributed by atoms with Crippen LogP contribution in [0.1, 0.15) is 161 Å². The summed E-state index contributed by atoms with van der Waals surface area (Å²) in [5.74, 6) is 6.88. The minimum atomic E-state index is 0.825. The molecule has 0 radical (unpaired) electrons. The summed E-state index contributed by atoms with van der Waals surface area (Å²) in [5.41, 5.74) is 0. The van der Waals surface area contributed by atoms with Crippen molar-refractivity contribution < 1.29 is 0 Å². The van der Waals surface area contributed by atoms with Crippen molar-refractivity contribution in [3.63, 3.8) is 0 Å². The van der Waals surface area contributed by atoms with Crippen molar-refractivity contribution in [3.05, 3.63) is 0 Å². The molecule has 0 spiro atoms. The Labute approximate surface area is 283 Å². The Hall–Kier alpha value is -0.160. The molecule has 6 aliphatic carbocycles. The van der Waals surface area contributed by atoms with E-state index in [1.54, 1.807) is 19.3 Å². The highest BCUT2D eigenvalue weighted by Crippen LogP contribution is 2.54. The molecule has 9 fully saturated rings. The van der Waals surface area contributed by atoms with E-state index in [4.69, 9.17) is 0 Å². The van der Waals surface area contributed by atoms with Crippen LogP contribution in [0.2, 0.25) is 0 Å². The first-order valence-electron chi connectivity index (χ1n) is 21.8. The highest BCUT2D eigenvalue weighted by atomic mass is 15.3. The maximum atomic E-state index is 4.04. The fraction of sp³-hybridized carbons (Fsp3) is 1.00. The second-order valence-electron chi connectivity index (χ2n) is 18.9. The van der Waals surface area contributed by atoms with Gasteiger partial charge in [0.25, 0.3) is 0 Å². The first-order valence-corrected chi connectivity index (χ1v) is 21.8. The normalized spacial score (nSPS) is 47.9. The predicted molar refractivity (Wildman–Crippen MR) is 191 cm³/mol. The molecule has 4 heteroatoms. The van der Waals surface area contributed by atoms with Gasteiger partial charge >= 0.3 is 0 Å². The quantitative estimate of drug-likeness (QED) is 0.318. The minimum absolute atomic E-state index is 0.825. The van der Waals surface area contributed by atoms with Gasteiger partial charge in [0.2, 0.25) is 0 Å². The maximum absolute atomic E-state index is 4.04. The van der Waals surface area contributed by atoms with E-state index in [-0.39, 0.29) is 0 Å². The molecule has 46 heavy (non-hydrogen) atoms. The van der Waals surface area contributed by atoms with Crippen molar-refractivity contribution in [2.24, 2.45) is 41.4 Å².